The molecule has 172 valence electrons. The zero-order valence-electron chi connectivity index (χ0n) is 18.4. The Balaban J connectivity index is 2.08. The molecule has 0 aliphatic carbocycles. The summed E-state index contributed by atoms with van der Waals surface area (Å²) in [5.41, 5.74) is 1.81. The number of benzene rings is 3. The molecule has 0 aliphatic heterocycles. The molecule has 3 rings (SSSR count). The molecular weight excluding hydrogens is 479 g/mol. The summed E-state index contributed by atoms with van der Waals surface area (Å²) in [5.74, 6) is 0. The molecule has 0 aliphatic rings. The molecule has 0 amide bonds. The Morgan fingerprint density at radius 2 is 1.64 bits per heavy atom. The molecule has 3 aromatic rings. The van der Waals surface area contributed by atoms with Gasteiger partial charge in [-0.2, -0.15) is 0 Å². The molecule has 0 heterocycles. The fourth-order valence-electron chi connectivity index (χ4n) is 3.10. The maximum atomic E-state index is 11.9. The quantitative estimate of drug-likeness (QED) is 0.368. The molecule has 0 fully saturated rings. The maximum absolute atomic E-state index is 11.9. The molecule has 0 bridgehead atoms. The second-order valence-electron chi connectivity index (χ2n) is 8.22. The predicted octanol–water partition coefficient (Wildman–Crippen LogP) is 6.37. The summed E-state index contributed by atoms with van der Waals surface area (Å²) in [6.45, 7) is 3.09. The molecule has 8 heteroatoms. The van der Waals surface area contributed by atoms with Gasteiger partial charge in [-0.3, -0.25) is 4.99 Å². The lowest BCUT2D eigenvalue weighted by Crippen LogP contribution is -2.32. The number of hydrogen-bond acceptors (Lipinski definition) is 5. The fraction of sp³-hybridized carbons (Fsp3) is 0.200. The molecule has 0 saturated carbocycles. The Kier molecular flexibility index (Phi) is 7.44. The molecule has 3 aromatic carbocycles. The minimum Gasteiger partial charge on any atom is -0.385 e. The third-order valence-corrected chi connectivity index (χ3v) is 6.81. The first kappa shape index (κ1) is 25.1. The van der Waals surface area contributed by atoms with Gasteiger partial charge in [0.15, 0.2) is 9.84 Å². The Bertz CT molecular complexity index is 1340. The Labute approximate surface area is 204 Å². The monoisotopic (exact) mass is 502 g/mol. The molecule has 0 saturated heterocycles. The summed E-state index contributed by atoms with van der Waals surface area (Å²) in [7, 11) is -3.34. The number of halogens is 2. The van der Waals surface area contributed by atoms with Crippen LogP contribution in [0.15, 0.2) is 76.6 Å². The number of hydrogen-bond donors (Lipinski definition) is 2. The van der Waals surface area contributed by atoms with Crippen LogP contribution in [0.4, 0.5) is 5.69 Å². The van der Waals surface area contributed by atoms with Crippen LogP contribution in [0.2, 0.25) is 10.0 Å². The van der Waals surface area contributed by atoms with E-state index < -0.39 is 15.4 Å². The summed E-state index contributed by atoms with van der Waals surface area (Å²) in [4.78, 5) is 4.88. The largest absolute Gasteiger partial charge is 0.385 e. The average molecular weight is 503 g/mol. The van der Waals surface area contributed by atoms with Crippen molar-refractivity contribution < 1.29 is 13.5 Å². The van der Waals surface area contributed by atoms with E-state index in [-0.39, 0.29) is 17.0 Å². The SMILES string of the molecule is CC(C)(O)C(=N)CC(=Nc1ccccc1Cl)c1ccc(-c2cccc(S(C)(=O)=O)c2)cc1Cl. The highest BCUT2D eigenvalue weighted by molar-refractivity contribution is 7.90. The van der Waals surface area contributed by atoms with Crippen molar-refractivity contribution in [3.8, 4) is 11.1 Å². The Morgan fingerprint density at radius 3 is 2.24 bits per heavy atom. The summed E-state index contributed by atoms with van der Waals surface area (Å²) in [5, 5.41) is 19.4. The molecule has 0 radical (unpaired) electrons. The van der Waals surface area contributed by atoms with E-state index in [0.29, 0.717) is 32.6 Å². The Morgan fingerprint density at radius 1 is 0.970 bits per heavy atom. The normalized spacial score (nSPS) is 12.6. The summed E-state index contributed by atoms with van der Waals surface area (Å²) < 4.78 is 23.8. The average Bonchev–Trinajstić information content (AvgIpc) is 2.73. The summed E-state index contributed by atoms with van der Waals surface area (Å²) >= 11 is 12.9. The van der Waals surface area contributed by atoms with Crippen molar-refractivity contribution in [2.75, 3.05) is 6.26 Å². The highest BCUT2D eigenvalue weighted by Crippen LogP contribution is 2.31. The number of sulfone groups is 1. The maximum Gasteiger partial charge on any atom is 0.175 e. The van der Waals surface area contributed by atoms with Crippen molar-refractivity contribution in [1.29, 1.82) is 5.41 Å². The standard InChI is InChI=1S/C25H24Cl2N2O3S/c1-25(2,30)24(28)15-23(29-22-10-5-4-9-20(22)26)19-12-11-17(14-21(19)27)16-7-6-8-18(13-16)33(3,31)32/h4-14,28,30H,15H2,1-3H3. The second-order valence-corrected chi connectivity index (χ2v) is 11.0. The van der Waals surface area contributed by atoms with Crippen LogP contribution in [0.3, 0.4) is 0 Å². The van der Waals surface area contributed by atoms with Crippen molar-refractivity contribution in [3.05, 3.63) is 82.3 Å². The van der Waals surface area contributed by atoms with E-state index in [1.807, 2.05) is 18.2 Å². The van der Waals surface area contributed by atoms with Crippen molar-refractivity contribution in [2.45, 2.75) is 30.8 Å². The number of rotatable bonds is 7. The van der Waals surface area contributed by atoms with Crippen LogP contribution in [0.25, 0.3) is 11.1 Å². The Hall–Kier alpha value is -2.51. The number of para-hydroxylation sites is 1. The van der Waals surface area contributed by atoms with Gasteiger partial charge < -0.3 is 10.5 Å². The van der Waals surface area contributed by atoms with E-state index in [2.05, 4.69) is 4.99 Å². The second kappa shape index (κ2) is 9.77. The van der Waals surface area contributed by atoms with Crippen LogP contribution in [0.5, 0.6) is 0 Å². The van der Waals surface area contributed by atoms with E-state index in [1.165, 1.54) is 0 Å². The predicted molar refractivity (Wildman–Crippen MR) is 136 cm³/mol. The van der Waals surface area contributed by atoms with Crippen LogP contribution >= 0.6 is 23.2 Å². The first-order valence-corrected chi connectivity index (χ1v) is 12.7. The molecule has 33 heavy (non-hydrogen) atoms. The van der Waals surface area contributed by atoms with E-state index >= 15 is 0 Å². The van der Waals surface area contributed by atoms with E-state index in [0.717, 1.165) is 11.8 Å². The topological polar surface area (TPSA) is 90.6 Å². The minimum atomic E-state index is -3.34. The number of aliphatic hydroxyl groups is 1. The van der Waals surface area contributed by atoms with Gasteiger partial charge in [0.1, 0.15) is 0 Å². The smallest absolute Gasteiger partial charge is 0.175 e. The van der Waals surface area contributed by atoms with E-state index in [4.69, 9.17) is 28.6 Å². The number of aliphatic imine (C=N–C) groups is 1. The van der Waals surface area contributed by atoms with E-state index in [1.54, 1.807) is 62.4 Å². The van der Waals surface area contributed by atoms with Crippen molar-refractivity contribution in [1.82, 2.24) is 0 Å². The van der Waals surface area contributed by atoms with Gasteiger partial charge in [0, 0.05) is 24.0 Å². The van der Waals surface area contributed by atoms with Crippen molar-refractivity contribution in [2.24, 2.45) is 4.99 Å². The van der Waals surface area contributed by atoms with Gasteiger partial charge in [0.2, 0.25) is 0 Å². The van der Waals surface area contributed by atoms with Gasteiger partial charge in [-0.25, -0.2) is 8.42 Å². The molecular formula is C25H24Cl2N2O3S. The van der Waals surface area contributed by atoms with Gasteiger partial charge >= 0.3 is 0 Å². The highest BCUT2D eigenvalue weighted by atomic mass is 35.5. The van der Waals surface area contributed by atoms with Crippen LogP contribution in [0.1, 0.15) is 25.8 Å². The first-order chi connectivity index (χ1) is 15.4. The molecule has 2 N–H and O–H groups in total. The van der Waals surface area contributed by atoms with Gasteiger partial charge in [-0.1, -0.05) is 59.6 Å². The zero-order chi connectivity index (χ0) is 24.4. The van der Waals surface area contributed by atoms with Crippen LogP contribution in [-0.2, 0) is 9.84 Å². The lowest BCUT2D eigenvalue weighted by atomic mass is 9.94. The lowest BCUT2D eigenvalue weighted by molar-refractivity contribution is 0.151. The molecule has 0 unspecified atom stereocenters. The number of nitrogens with zero attached hydrogens (tertiary/aromatic N) is 1. The molecule has 5 nitrogen and oxygen atoms in total. The van der Waals surface area contributed by atoms with Gasteiger partial charge in [-0.15, -0.1) is 0 Å². The van der Waals surface area contributed by atoms with Gasteiger partial charge in [0.05, 0.1) is 31.9 Å². The van der Waals surface area contributed by atoms with Gasteiger partial charge in [-0.05, 0) is 55.3 Å². The summed E-state index contributed by atoms with van der Waals surface area (Å²) in [6, 6.07) is 19.0. The summed E-state index contributed by atoms with van der Waals surface area (Å²) in [6.07, 6.45) is 1.23. The molecule has 0 atom stereocenters. The van der Waals surface area contributed by atoms with Crippen LogP contribution in [0, 0.1) is 5.41 Å². The molecule has 0 spiro atoms. The third kappa shape index (κ3) is 6.30. The highest BCUT2D eigenvalue weighted by Gasteiger charge is 2.23. The van der Waals surface area contributed by atoms with Crippen LogP contribution < -0.4 is 0 Å². The van der Waals surface area contributed by atoms with E-state index in [9.17, 15) is 13.5 Å². The fourth-order valence-corrected chi connectivity index (χ4v) is 4.24. The van der Waals surface area contributed by atoms with Crippen molar-refractivity contribution >= 4 is 50.1 Å². The molecule has 0 aromatic heterocycles. The minimum absolute atomic E-state index is 0.0668. The van der Waals surface area contributed by atoms with Crippen LogP contribution in [-0.4, -0.2) is 36.8 Å². The number of nitrogens with one attached hydrogen (secondary N) is 1. The third-order valence-electron chi connectivity index (χ3n) is 5.07. The van der Waals surface area contributed by atoms with Gasteiger partial charge in [0.25, 0.3) is 0 Å². The lowest BCUT2D eigenvalue weighted by Gasteiger charge is -2.20. The zero-order valence-corrected chi connectivity index (χ0v) is 20.8. The van der Waals surface area contributed by atoms with Crippen molar-refractivity contribution in [3.63, 3.8) is 0 Å². The first-order valence-electron chi connectivity index (χ1n) is 10.1.